The molecular formula is C31H35F3N7O4+. The van der Waals surface area contributed by atoms with Crippen LogP contribution in [0.25, 0.3) is 0 Å². The fourth-order valence-electron chi connectivity index (χ4n) is 5.20. The van der Waals surface area contributed by atoms with Crippen LogP contribution in [-0.4, -0.2) is 84.0 Å². The van der Waals surface area contributed by atoms with Crippen LogP contribution < -0.4 is 10.6 Å². The first-order valence-corrected chi connectivity index (χ1v) is 14.1. The number of esters is 1. The molecule has 3 aromatic rings. The zero-order chi connectivity index (χ0) is 33.3. The summed E-state index contributed by atoms with van der Waals surface area (Å²) in [7, 11) is 8.89. The minimum Gasteiger partial charge on any atom is -0.466 e. The maximum Gasteiger partial charge on any atom is 0.416 e. The molecule has 1 amide bonds. The molecule has 2 aromatic carbocycles. The van der Waals surface area contributed by atoms with Gasteiger partial charge in [0, 0.05) is 31.4 Å². The zero-order valence-corrected chi connectivity index (χ0v) is 25.9. The summed E-state index contributed by atoms with van der Waals surface area (Å²) in [4.78, 5) is 43.3. The summed E-state index contributed by atoms with van der Waals surface area (Å²) < 4.78 is 49.1. The third-order valence-electron chi connectivity index (χ3n) is 7.54. The molecule has 1 atom stereocenters. The van der Waals surface area contributed by atoms with Gasteiger partial charge in [0.1, 0.15) is 12.6 Å². The predicted molar refractivity (Wildman–Crippen MR) is 159 cm³/mol. The molecule has 11 nitrogen and oxygen atoms in total. The van der Waals surface area contributed by atoms with Gasteiger partial charge >= 0.3 is 17.8 Å². The highest BCUT2D eigenvalue weighted by atomic mass is 19.4. The number of carbonyl (C=O) groups excluding carboxylic acids is 2. The molecule has 45 heavy (non-hydrogen) atoms. The van der Waals surface area contributed by atoms with Gasteiger partial charge < -0.3 is 14.1 Å². The van der Waals surface area contributed by atoms with Crippen LogP contribution in [0, 0.1) is 11.3 Å². The Balaban J connectivity index is 1.89. The van der Waals surface area contributed by atoms with Crippen molar-refractivity contribution in [1.29, 1.82) is 5.26 Å². The number of halogens is 3. The number of carbonyl (C=O) groups is 2. The number of aromatic nitrogens is 3. The SMILES string of the molecule is COC(=O)C1=C(C)N(c2cccc(C(F)(F)F)c2)c2nn(CC(=O)N(C)CCC[N+](C)(C)C)c(=O)n2C1c1ccc(C#N)cc1. The van der Waals surface area contributed by atoms with Crippen molar-refractivity contribution in [2.75, 3.05) is 53.3 Å². The first kappa shape index (κ1) is 33.0. The first-order chi connectivity index (χ1) is 21.1. The van der Waals surface area contributed by atoms with E-state index in [0.717, 1.165) is 41.5 Å². The Hall–Kier alpha value is -4.90. The Morgan fingerprint density at radius 2 is 1.80 bits per heavy atom. The van der Waals surface area contributed by atoms with Gasteiger partial charge in [0.05, 0.1) is 57.6 Å². The van der Waals surface area contributed by atoms with Gasteiger partial charge in [0.25, 0.3) is 0 Å². The van der Waals surface area contributed by atoms with Crippen molar-refractivity contribution in [2.45, 2.75) is 32.1 Å². The molecule has 0 saturated heterocycles. The molecule has 0 N–H and O–H groups in total. The van der Waals surface area contributed by atoms with Crippen LogP contribution >= 0.6 is 0 Å². The van der Waals surface area contributed by atoms with E-state index in [9.17, 15) is 32.8 Å². The molecule has 0 saturated carbocycles. The summed E-state index contributed by atoms with van der Waals surface area (Å²) in [5.41, 5.74) is -0.823. The Morgan fingerprint density at radius 1 is 1.13 bits per heavy atom. The molecule has 1 unspecified atom stereocenters. The number of nitriles is 1. The standard InChI is InChI=1S/C31H35F3N7O4/c1-20-26(28(43)45-6)27(22-13-11-21(18-35)12-14-22)40-29(39(20)24-10-7-9-23(17-24)31(32,33)34)36-38(30(40)44)19-25(42)37(2)15-8-16-41(3,4)5/h7,9-14,17,27H,8,15-16,19H2,1-6H3/q+1. The minimum atomic E-state index is -4.67. The monoisotopic (exact) mass is 626 g/mol. The highest BCUT2D eigenvalue weighted by molar-refractivity contribution is 5.93. The highest BCUT2D eigenvalue weighted by Gasteiger charge is 2.41. The van der Waals surface area contributed by atoms with Crippen LogP contribution in [0.5, 0.6) is 0 Å². The molecule has 0 spiro atoms. The van der Waals surface area contributed by atoms with E-state index in [1.54, 1.807) is 19.2 Å². The van der Waals surface area contributed by atoms with Gasteiger partial charge in [0.2, 0.25) is 11.9 Å². The van der Waals surface area contributed by atoms with Gasteiger partial charge in [-0.05, 0) is 42.8 Å². The summed E-state index contributed by atoms with van der Waals surface area (Å²) in [5.74, 6) is -1.32. The number of anilines is 2. The van der Waals surface area contributed by atoms with Crippen LogP contribution in [0.15, 0.2) is 64.6 Å². The molecule has 1 aliphatic rings. The van der Waals surface area contributed by atoms with Gasteiger partial charge in [-0.25, -0.2) is 18.8 Å². The molecule has 4 rings (SSSR count). The number of hydrogen-bond acceptors (Lipinski definition) is 7. The summed E-state index contributed by atoms with van der Waals surface area (Å²) in [6.45, 7) is 2.33. The lowest BCUT2D eigenvalue weighted by molar-refractivity contribution is -0.870. The molecule has 1 aliphatic heterocycles. The summed E-state index contributed by atoms with van der Waals surface area (Å²) in [5, 5.41) is 13.7. The number of allylic oxidation sites excluding steroid dienone is 1. The predicted octanol–water partition coefficient (Wildman–Crippen LogP) is 3.68. The number of hydrogen-bond donors (Lipinski definition) is 0. The third-order valence-corrected chi connectivity index (χ3v) is 7.54. The molecule has 0 aliphatic carbocycles. The Morgan fingerprint density at radius 3 is 2.38 bits per heavy atom. The van der Waals surface area contributed by atoms with Crippen LogP contribution in [0.3, 0.4) is 0 Å². The highest BCUT2D eigenvalue weighted by Crippen LogP contribution is 2.43. The van der Waals surface area contributed by atoms with E-state index in [1.165, 1.54) is 41.0 Å². The smallest absolute Gasteiger partial charge is 0.416 e. The molecular weight excluding hydrogens is 591 g/mol. The summed E-state index contributed by atoms with van der Waals surface area (Å²) in [6.07, 6.45) is -3.95. The lowest BCUT2D eigenvalue weighted by Gasteiger charge is -2.35. The third kappa shape index (κ3) is 6.93. The largest absolute Gasteiger partial charge is 0.466 e. The topological polar surface area (TPSA) is 113 Å². The number of alkyl halides is 3. The van der Waals surface area contributed by atoms with Gasteiger partial charge in [-0.2, -0.15) is 18.4 Å². The fraction of sp³-hybridized carbons (Fsp3) is 0.387. The van der Waals surface area contributed by atoms with Crippen molar-refractivity contribution < 1.29 is 32.0 Å². The number of quaternary nitrogens is 1. The quantitative estimate of drug-likeness (QED) is 0.263. The Kier molecular flexibility index (Phi) is 9.25. The average molecular weight is 627 g/mol. The zero-order valence-electron chi connectivity index (χ0n) is 25.9. The van der Waals surface area contributed by atoms with Gasteiger partial charge in [0.15, 0.2) is 0 Å². The second-order valence-corrected chi connectivity index (χ2v) is 11.8. The van der Waals surface area contributed by atoms with E-state index in [4.69, 9.17) is 4.74 Å². The van der Waals surface area contributed by atoms with Crippen molar-refractivity contribution in [3.05, 3.63) is 87.0 Å². The van der Waals surface area contributed by atoms with E-state index in [0.29, 0.717) is 22.2 Å². The van der Waals surface area contributed by atoms with Crippen LogP contribution in [-0.2, 0) is 27.0 Å². The average Bonchev–Trinajstić information content (AvgIpc) is 3.29. The molecule has 0 radical (unpaired) electrons. The van der Waals surface area contributed by atoms with Gasteiger partial charge in [-0.1, -0.05) is 18.2 Å². The Labute approximate surface area is 258 Å². The summed E-state index contributed by atoms with van der Waals surface area (Å²) >= 11 is 0. The molecule has 1 aromatic heterocycles. The van der Waals surface area contributed by atoms with Crippen LogP contribution in [0.4, 0.5) is 24.8 Å². The van der Waals surface area contributed by atoms with E-state index in [1.807, 2.05) is 27.2 Å². The van der Waals surface area contributed by atoms with E-state index < -0.39 is 41.9 Å². The number of rotatable bonds is 9. The lowest BCUT2D eigenvalue weighted by atomic mass is 9.93. The molecule has 14 heteroatoms. The van der Waals surface area contributed by atoms with Crippen molar-refractivity contribution in [3.63, 3.8) is 0 Å². The fourth-order valence-corrected chi connectivity index (χ4v) is 5.20. The molecule has 238 valence electrons. The Bertz CT molecular complexity index is 1730. The van der Waals surface area contributed by atoms with Crippen molar-refractivity contribution in [1.82, 2.24) is 19.2 Å². The van der Waals surface area contributed by atoms with Crippen LogP contribution in [0.2, 0.25) is 0 Å². The van der Waals surface area contributed by atoms with Crippen molar-refractivity contribution in [2.24, 2.45) is 0 Å². The number of amides is 1. The maximum absolute atomic E-state index is 14.0. The van der Waals surface area contributed by atoms with Gasteiger partial charge in [-0.3, -0.25) is 9.69 Å². The first-order valence-electron chi connectivity index (χ1n) is 14.1. The van der Waals surface area contributed by atoms with E-state index in [2.05, 4.69) is 5.10 Å². The number of ether oxygens (including phenoxy) is 1. The second-order valence-electron chi connectivity index (χ2n) is 11.8. The van der Waals surface area contributed by atoms with E-state index >= 15 is 0 Å². The molecule has 0 fully saturated rings. The number of nitrogens with zero attached hydrogens (tertiary/aromatic N) is 7. The maximum atomic E-state index is 14.0. The number of fused-ring (bicyclic) bond motifs is 1. The van der Waals surface area contributed by atoms with E-state index in [-0.39, 0.29) is 22.9 Å². The molecule has 0 bridgehead atoms. The second kappa shape index (κ2) is 12.6. The number of likely N-dealkylation sites (N-methyl/N-ethyl adjacent to an activating group) is 1. The summed E-state index contributed by atoms with van der Waals surface area (Å²) in [6, 6.07) is 11.5. The normalized spacial score (nSPS) is 15.0. The molecule has 2 heterocycles. The van der Waals surface area contributed by atoms with Gasteiger partial charge in [-0.15, -0.1) is 5.10 Å². The minimum absolute atomic E-state index is 0.0100. The lowest BCUT2D eigenvalue weighted by Crippen LogP contribution is -2.40. The van der Waals surface area contributed by atoms with Crippen molar-refractivity contribution >= 4 is 23.5 Å². The van der Waals surface area contributed by atoms with Crippen molar-refractivity contribution in [3.8, 4) is 6.07 Å². The van der Waals surface area contributed by atoms with Crippen LogP contribution in [0.1, 0.15) is 36.1 Å². The number of methoxy groups -OCH3 is 1. The number of benzene rings is 2.